The van der Waals surface area contributed by atoms with Crippen LogP contribution >= 0.6 is 0 Å². The zero-order valence-corrected chi connectivity index (χ0v) is 12.3. The van der Waals surface area contributed by atoms with Crippen molar-refractivity contribution in [2.45, 2.75) is 40.2 Å². The lowest BCUT2D eigenvalue weighted by Crippen LogP contribution is -2.35. The normalized spacial score (nSPS) is 16.8. The second-order valence-electron chi connectivity index (χ2n) is 6.45. The van der Waals surface area contributed by atoms with Gasteiger partial charge in [0.25, 0.3) is 5.56 Å². The average Bonchev–Trinajstić information content (AvgIpc) is 2.37. The standard InChI is InChI=1S/C17H20N2O/c1-12-6-4-5-7-13(12)14-10-16(20)19-9-8-17(2,3)11-15(19)18-14/h4-7,10H,8-9,11H2,1-3H3. The van der Waals surface area contributed by atoms with Gasteiger partial charge in [-0.15, -0.1) is 0 Å². The van der Waals surface area contributed by atoms with Crippen molar-refractivity contribution in [1.82, 2.24) is 9.55 Å². The summed E-state index contributed by atoms with van der Waals surface area (Å²) in [7, 11) is 0. The molecule has 0 atom stereocenters. The molecule has 3 heteroatoms. The molecule has 0 N–H and O–H groups in total. The quantitative estimate of drug-likeness (QED) is 0.796. The van der Waals surface area contributed by atoms with E-state index in [0.29, 0.717) is 0 Å². The van der Waals surface area contributed by atoms with Crippen molar-refractivity contribution in [2.75, 3.05) is 0 Å². The number of aromatic nitrogens is 2. The number of benzene rings is 1. The summed E-state index contributed by atoms with van der Waals surface area (Å²) < 4.78 is 1.83. The number of nitrogens with zero attached hydrogens (tertiary/aromatic N) is 2. The van der Waals surface area contributed by atoms with Crippen LogP contribution in [-0.4, -0.2) is 9.55 Å². The van der Waals surface area contributed by atoms with Crippen molar-refractivity contribution in [1.29, 1.82) is 0 Å². The molecule has 1 aliphatic heterocycles. The maximum atomic E-state index is 12.3. The molecule has 0 radical (unpaired) electrons. The first-order chi connectivity index (χ1) is 9.46. The summed E-state index contributed by atoms with van der Waals surface area (Å²) in [5, 5.41) is 0. The van der Waals surface area contributed by atoms with Crippen molar-refractivity contribution in [2.24, 2.45) is 5.41 Å². The van der Waals surface area contributed by atoms with Crippen LogP contribution in [0.4, 0.5) is 0 Å². The Bertz CT molecular complexity index is 713. The summed E-state index contributed by atoms with van der Waals surface area (Å²) in [6, 6.07) is 9.75. The van der Waals surface area contributed by atoms with Crippen molar-refractivity contribution >= 4 is 0 Å². The Morgan fingerprint density at radius 1 is 1.25 bits per heavy atom. The van der Waals surface area contributed by atoms with Gasteiger partial charge in [0, 0.05) is 24.6 Å². The molecule has 0 amide bonds. The number of hydrogen-bond donors (Lipinski definition) is 0. The summed E-state index contributed by atoms with van der Waals surface area (Å²) in [6.45, 7) is 7.31. The molecule has 1 aromatic carbocycles. The molecule has 0 aliphatic carbocycles. The predicted molar refractivity (Wildman–Crippen MR) is 80.8 cm³/mol. The third kappa shape index (κ3) is 2.28. The summed E-state index contributed by atoms with van der Waals surface area (Å²) in [6.07, 6.45) is 1.90. The molecule has 0 fully saturated rings. The van der Waals surface area contributed by atoms with Crippen LogP contribution in [0.15, 0.2) is 35.1 Å². The van der Waals surface area contributed by atoms with E-state index in [0.717, 1.165) is 42.0 Å². The number of rotatable bonds is 1. The van der Waals surface area contributed by atoms with Gasteiger partial charge in [0.05, 0.1) is 5.69 Å². The fraction of sp³-hybridized carbons (Fsp3) is 0.412. The molecule has 2 aromatic rings. The van der Waals surface area contributed by atoms with Crippen LogP contribution in [0.3, 0.4) is 0 Å². The highest BCUT2D eigenvalue weighted by Gasteiger charge is 2.27. The maximum Gasteiger partial charge on any atom is 0.254 e. The molecule has 0 saturated carbocycles. The Hall–Kier alpha value is -1.90. The van der Waals surface area contributed by atoms with Crippen molar-refractivity contribution in [3.8, 4) is 11.3 Å². The fourth-order valence-electron chi connectivity index (χ4n) is 2.86. The summed E-state index contributed by atoms with van der Waals surface area (Å²) in [4.78, 5) is 17.1. The molecule has 1 aliphatic rings. The van der Waals surface area contributed by atoms with Crippen LogP contribution in [-0.2, 0) is 13.0 Å². The second-order valence-corrected chi connectivity index (χ2v) is 6.45. The van der Waals surface area contributed by atoms with Gasteiger partial charge in [0.15, 0.2) is 0 Å². The molecular formula is C17H20N2O. The first-order valence-electron chi connectivity index (χ1n) is 7.13. The largest absolute Gasteiger partial charge is 0.297 e. The Kier molecular flexibility index (Phi) is 3.00. The van der Waals surface area contributed by atoms with E-state index in [4.69, 9.17) is 4.98 Å². The minimum atomic E-state index is 0.0729. The van der Waals surface area contributed by atoms with Crippen molar-refractivity contribution in [3.63, 3.8) is 0 Å². The highest BCUT2D eigenvalue weighted by atomic mass is 16.1. The molecule has 0 spiro atoms. The van der Waals surface area contributed by atoms with Gasteiger partial charge < -0.3 is 0 Å². The van der Waals surface area contributed by atoms with Gasteiger partial charge in [-0.05, 0) is 24.3 Å². The Labute approximate surface area is 119 Å². The van der Waals surface area contributed by atoms with Crippen LogP contribution < -0.4 is 5.56 Å². The fourth-order valence-corrected chi connectivity index (χ4v) is 2.86. The Morgan fingerprint density at radius 3 is 2.75 bits per heavy atom. The summed E-state index contributed by atoms with van der Waals surface area (Å²) in [5.74, 6) is 0.923. The summed E-state index contributed by atoms with van der Waals surface area (Å²) >= 11 is 0. The van der Waals surface area contributed by atoms with Gasteiger partial charge in [-0.25, -0.2) is 4.98 Å². The SMILES string of the molecule is Cc1ccccc1-c1cc(=O)n2c(n1)CC(C)(C)CC2. The second kappa shape index (κ2) is 4.58. The van der Waals surface area contributed by atoms with E-state index < -0.39 is 0 Å². The monoisotopic (exact) mass is 268 g/mol. The molecule has 3 rings (SSSR count). The highest BCUT2D eigenvalue weighted by Crippen LogP contribution is 2.30. The maximum absolute atomic E-state index is 12.3. The molecular weight excluding hydrogens is 248 g/mol. The number of fused-ring (bicyclic) bond motifs is 1. The first-order valence-corrected chi connectivity index (χ1v) is 7.13. The smallest absolute Gasteiger partial charge is 0.254 e. The van der Waals surface area contributed by atoms with E-state index in [2.05, 4.69) is 26.8 Å². The molecule has 104 valence electrons. The predicted octanol–water partition coefficient (Wildman–Crippen LogP) is 3.19. The van der Waals surface area contributed by atoms with Crippen molar-refractivity contribution in [3.05, 3.63) is 52.1 Å². The van der Waals surface area contributed by atoms with Crippen LogP contribution in [0, 0.1) is 12.3 Å². The Morgan fingerprint density at radius 2 is 2.00 bits per heavy atom. The van der Waals surface area contributed by atoms with Crippen molar-refractivity contribution < 1.29 is 0 Å². The van der Waals surface area contributed by atoms with E-state index in [9.17, 15) is 4.79 Å². The minimum Gasteiger partial charge on any atom is -0.297 e. The van der Waals surface area contributed by atoms with Crippen LogP contribution in [0.25, 0.3) is 11.3 Å². The van der Waals surface area contributed by atoms with E-state index in [-0.39, 0.29) is 11.0 Å². The summed E-state index contributed by atoms with van der Waals surface area (Å²) in [5.41, 5.74) is 3.31. The van der Waals surface area contributed by atoms with Gasteiger partial charge in [-0.2, -0.15) is 0 Å². The third-order valence-corrected chi connectivity index (χ3v) is 4.16. The zero-order valence-electron chi connectivity index (χ0n) is 12.3. The van der Waals surface area contributed by atoms with E-state index in [1.54, 1.807) is 6.07 Å². The van der Waals surface area contributed by atoms with Gasteiger partial charge in [-0.3, -0.25) is 9.36 Å². The molecule has 1 aromatic heterocycles. The number of aryl methyl sites for hydroxylation is 1. The molecule has 3 nitrogen and oxygen atoms in total. The Balaban J connectivity index is 2.15. The van der Waals surface area contributed by atoms with Crippen LogP contribution in [0.5, 0.6) is 0 Å². The topological polar surface area (TPSA) is 34.9 Å². The first kappa shape index (κ1) is 13.1. The van der Waals surface area contributed by atoms with E-state index in [1.807, 2.05) is 22.8 Å². The van der Waals surface area contributed by atoms with E-state index >= 15 is 0 Å². The van der Waals surface area contributed by atoms with Gasteiger partial charge in [0.1, 0.15) is 5.82 Å². The lowest BCUT2D eigenvalue weighted by molar-refractivity contribution is 0.260. The zero-order chi connectivity index (χ0) is 14.3. The van der Waals surface area contributed by atoms with Crippen LogP contribution in [0.1, 0.15) is 31.7 Å². The third-order valence-electron chi connectivity index (χ3n) is 4.16. The highest BCUT2D eigenvalue weighted by molar-refractivity contribution is 5.62. The van der Waals surface area contributed by atoms with Crippen LogP contribution in [0.2, 0.25) is 0 Å². The average molecular weight is 268 g/mol. The molecule has 20 heavy (non-hydrogen) atoms. The number of hydrogen-bond acceptors (Lipinski definition) is 2. The molecule has 0 unspecified atom stereocenters. The minimum absolute atomic E-state index is 0.0729. The lowest BCUT2D eigenvalue weighted by atomic mass is 9.83. The molecule has 0 saturated heterocycles. The van der Waals surface area contributed by atoms with Gasteiger partial charge in [0.2, 0.25) is 0 Å². The van der Waals surface area contributed by atoms with Gasteiger partial charge >= 0.3 is 0 Å². The van der Waals surface area contributed by atoms with Gasteiger partial charge in [-0.1, -0.05) is 38.1 Å². The van der Waals surface area contributed by atoms with E-state index in [1.165, 1.54) is 0 Å². The molecule has 2 heterocycles. The molecule has 0 bridgehead atoms. The lowest BCUT2D eigenvalue weighted by Gasteiger charge is -2.31.